The SMILES string of the molecule is CCCCC(=O)Nc1oc(-c2ccc(S)cc2)nc1-c1ccccc1-c1ccccc1O. The Hall–Kier alpha value is -3.51. The van der Waals surface area contributed by atoms with Gasteiger partial charge in [0, 0.05) is 28.0 Å². The van der Waals surface area contributed by atoms with Crippen LogP contribution in [0.3, 0.4) is 0 Å². The predicted octanol–water partition coefficient (Wildman–Crippen LogP) is 6.80. The van der Waals surface area contributed by atoms with E-state index < -0.39 is 0 Å². The lowest BCUT2D eigenvalue weighted by Gasteiger charge is -2.10. The van der Waals surface area contributed by atoms with E-state index >= 15 is 0 Å². The molecule has 0 aliphatic carbocycles. The van der Waals surface area contributed by atoms with Crippen molar-refractivity contribution >= 4 is 24.4 Å². The van der Waals surface area contributed by atoms with Gasteiger partial charge in [0.15, 0.2) is 0 Å². The summed E-state index contributed by atoms with van der Waals surface area (Å²) in [5, 5.41) is 13.3. The summed E-state index contributed by atoms with van der Waals surface area (Å²) < 4.78 is 6.04. The molecule has 4 rings (SSSR count). The Morgan fingerprint density at radius 1 is 0.969 bits per heavy atom. The van der Waals surface area contributed by atoms with Gasteiger partial charge in [-0.05, 0) is 42.3 Å². The quantitative estimate of drug-likeness (QED) is 0.274. The van der Waals surface area contributed by atoms with Crippen molar-refractivity contribution in [1.82, 2.24) is 4.98 Å². The summed E-state index contributed by atoms with van der Waals surface area (Å²) in [6.07, 6.45) is 2.12. The Morgan fingerprint density at radius 2 is 1.62 bits per heavy atom. The minimum Gasteiger partial charge on any atom is -0.507 e. The van der Waals surface area contributed by atoms with Crippen LogP contribution in [0.4, 0.5) is 5.88 Å². The molecule has 0 aliphatic rings. The van der Waals surface area contributed by atoms with Gasteiger partial charge in [-0.3, -0.25) is 10.1 Å². The first kappa shape index (κ1) is 21.7. The number of carbonyl (C=O) groups is 1. The van der Waals surface area contributed by atoms with Crippen LogP contribution >= 0.6 is 12.6 Å². The molecule has 32 heavy (non-hydrogen) atoms. The second-order valence-corrected chi connectivity index (χ2v) is 7.97. The van der Waals surface area contributed by atoms with Crippen LogP contribution in [0.5, 0.6) is 5.75 Å². The topological polar surface area (TPSA) is 75.4 Å². The second kappa shape index (κ2) is 9.75. The zero-order valence-electron chi connectivity index (χ0n) is 17.7. The molecule has 6 heteroatoms. The van der Waals surface area contributed by atoms with Gasteiger partial charge in [0.1, 0.15) is 11.4 Å². The minimum atomic E-state index is -0.124. The van der Waals surface area contributed by atoms with Crippen molar-refractivity contribution in [3.05, 3.63) is 72.8 Å². The van der Waals surface area contributed by atoms with Crippen LogP contribution in [-0.4, -0.2) is 16.0 Å². The van der Waals surface area contributed by atoms with Gasteiger partial charge < -0.3 is 9.52 Å². The summed E-state index contributed by atoms with van der Waals surface area (Å²) in [5.41, 5.74) is 3.51. The highest BCUT2D eigenvalue weighted by Gasteiger charge is 2.21. The van der Waals surface area contributed by atoms with Gasteiger partial charge in [-0.1, -0.05) is 55.8 Å². The number of aromatic hydroxyl groups is 1. The average Bonchev–Trinajstić information content (AvgIpc) is 3.22. The van der Waals surface area contributed by atoms with Crippen LogP contribution in [0.15, 0.2) is 82.1 Å². The highest BCUT2D eigenvalue weighted by molar-refractivity contribution is 7.80. The molecule has 4 aromatic rings. The molecule has 162 valence electrons. The van der Waals surface area contributed by atoms with E-state index in [0.717, 1.165) is 34.4 Å². The number of carbonyl (C=O) groups excluding carboxylic acids is 1. The minimum absolute atomic E-state index is 0.124. The Bertz CT molecular complexity index is 1230. The fraction of sp³-hybridized carbons (Fsp3) is 0.154. The summed E-state index contributed by atoms with van der Waals surface area (Å²) in [6, 6.07) is 22.2. The number of hydrogen-bond acceptors (Lipinski definition) is 5. The number of phenols is 1. The Labute approximate surface area is 192 Å². The zero-order valence-corrected chi connectivity index (χ0v) is 18.6. The van der Waals surface area contributed by atoms with Crippen LogP contribution in [0.25, 0.3) is 33.8 Å². The number of nitrogens with one attached hydrogen (secondary N) is 1. The van der Waals surface area contributed by atoms with E-state index in [9.17, 15) is 9.90 Å². The molecule has 3 aromatic carbocycles. The fourth-order valence-corrected chi connectivity index (χ4v) is 3.62. The van der Waals surface area contributed by atoms with E-state index in [1.165, 1.54) is 0 Å². The van der Waals surface area contributed by atoms with Crippen LogP contribution in [0.2, 0.25) is 0 Å². The largest absolute Gasteiger partial charge is 0.507 e. The van der Waals surface area contributed by atoms with Gasteiger partial charge in [-0.25, -0.2) is 4.98 Å². The molecule has 0 unspecified atom stereocenters. The fourth-order valence-electron chi connectivity index (χ4n) is 3.47. The summed E-state index contributed by atoms with van der Waals surface area (Å²) in [7, 11) is 0. The van der Waals surface area contributed by atoms with Gasteiger partial charge >= 0.3 is 0 Å². The number of oxazole rings is 1. The van der Waals surface area contributed by atoms with E-state index in [0.29, 0.717) is 29.5 Å². The number of nitrogens with zero attached hydrogens (tertiary/aromatic N) is 1. The van der Waals surface area contributed by atoms with E-state index in [-0.39, 0.29) is 11.7 Å². The highest BCUT2D eigenvalue weighted by atomic mass is 32.1. The molecule has 5 nitrogen and oxygen atoms in total. The average molecular weight is 445 g/mol. The predicted molar refractivity (Wildman–Crippen MR) is 130 cm³/mol. The van der Waals surface area contributed by atoms with E-state index in [2.05, 4.69) is 17.9 Å². The summed E-state index contributed by atoms with van der Waals surface area (Å²) >= 11 is 4.34. The Balaban J connectivity index is 1.83. The van der Waals surface area contributed by atoms with Gasteiger partial charge in [0.25, 0.3) is 0 Å². The molecular weight excluding hydrogens is 420 g/mol. The maximum absolute atomic E-state index is 12.5. The van der Waals surface area contributed by atoms with Gasteiger partial charge in [-0.15, -0.1) is 12.6 Å². The number of hydrogen-bond donors (Lipinski definition) is 3. The number of amides is 1. The smallest absolute Gasteiger partial charge is 0.229 e. The molecule has 1 amide bonds. The molecule has 0 saturated heterocycles. The van der Waals surface area contributed by atoms with Crippen LogP contribution in [0, 0.1) is 0 Å². The maximum atomic E-state index is 12.5. The number of thiol groups is 1. The molecule has 0 atom stereocenters. The third kappa shape index (κ3) is 4.70. The number of para-hydroxylation sites is 1. The summed E-state index contributed by atoms with van der Waals surface area (Å²) in [4.78, 5) is 18.1. The van der Waals surface area contributed by atoms with Crippen molar-refractivity contribution in [1.29, 1.82) is 0 Å². The number of aromatic nitrogens is 1. The number of benzene rings is 3. The molecule has 0 saturated carbocycles. The number of rotatable bonds is 7. The standard InChI is InChI=1S/C26H24N2O3S/c1-2-3-12-23(30)27-26-24(28-25(31-26)17-13-15-18(32)16-14-17)21-10-5-4-8-19(21)20-9-6-7-11-22(20)29/h4-11,13-16,29,32H,2-3,12H2,1H3,(H,27,30). The molecule has 2 N–H and O–H groups in total. The lowest BCUT2D eigenvalue weighted by Crippen LogP contribution is -2.11. The normalized spacial score (nSPS) is 10.8. The Morgan fingerprint density at radius 3 is 2.31 bits per heavy atom. The molecule has 0 spiro atoms. The molecule has 1 heterocycles. The van der Waals surface area contributed by atoms with Gasteiger partial charge in [0.05, 0.1) is 0 Å². The number of unbranched alkanes of at least 4 members (excludes halogenated alkanes) is 1. The van der Waals surface area contributed by atoms with Crippen molar-refractivity contribution < 1.29 is 14.3 Å². The van der Waals surface area contributed by atoms with Gasteiger partial charge in [-0.2, -0.15) is 0 Å². The first-order valence-corrected chi connectivity index (χ1v) is 11.0. The summed E-state index contributed by atoms with van der Waals surface area (Å²) in [6.45, 7) is 2.04. The Kier molecular flexibility index (Phi) is 6.61. The van der Waals surface area contributed by atoms with E-state index in [1.807, 2.05) is 67.6 Å². The lowest BCUT2D eigenvalue weighted by molar-refractivity contribution is -0.116. The number of anilines is 1. The van der Waals surface area contributed by atoms with Crippen molar-refractivity contribution in [2.45, 2.75) is 31.1 Å². The van der Waals surface area contributed by atoms with Gasteiger partial charge in [0.2, 0.25) is 17.7 Å². The monoisotopic (exact) mass is 444 g/mol. The van der Waals surface area contributed by atoms with Crippen LogP contribution in [0.1, 0.15) is 26.2 Å². The molecular formula is C26H24N2O3S. The van der Waals surface area contributed by atoms with E-state index in [1.54, 1.807) is 12.1 Å². The van der Waals surface area contributed by atoms with Crippen LogP contribution < -0.4 is 5.32 Å². The lowest BCUT2D eigenvalue weighted by atomic mass is 9.97. The zero-order chi connectivity index (χ0) is 22.5. The highest BCUT2D eigenvalue weighted by Crippen LogP contribution is 2.40. The van der Waals surface area contributed by atoms with Crippen molar-refractivity contribution in [2.24, 2.45) is 0 Å². The number of phenolic OH excluding ortho intramolecular Hbond substituents is 1. The first-order chi connectivity index (χ1) is 15.6. The van der Waals surface area contributed by atoms with Crippen molar-refractivity contribution in [3.8, 4) is 39.6 Å². The van der Waals surface area contributed by atoms with E-state index in [4.69, 9.17) is 9.40 Å². The first-order valence-electron chi connectivity index (χ1n) is 10.5. The molecule has 1 aromatic heterocycles. The maximum Gasteiger partial charge on any atom is 0.229 e. The molecule has 0 radical (unpaired) electrons. The van der Waals surface area contributed by atoms with Crippen molar-refractivity contribution in [3.63, 3.8) is 0 Å². The molecule has 0 bridgehead atoms. The third-order valence-corrected chi connectivity index (χ3v) is 5.43. The summed E-state index contributed by atoms with van der Waals surface area (Å²) in [5.74, 6) is 0.730. The third-order valence-electron chi connectivity index (χ3n) is 5.13. The molecule has 0 fully saturated rings. The van der Waals surface area contributed by atoms with Crippen molar-refractivity contribution in [2.75, 3.05) is 5.32 Å². The molecule has 0 aliphatic heterocycles. The second-order valence-electron chi connectivity index (χ2n) is 7.46. The van der Waals surface area contributed by atoms with Crippen LogP contribution in [-0.2, 0) is 4.79 Å².